The van der Waals surface area contributed by atoms with Crippen molar-refractivity contribution in [2.45, 2.75) is 64.5 Å². The zero-order chi connectivity index (χ0) is 14.6. The number of benzene rings is 1. The molecule has 1 aliphatic rings. The Morgan fingerprint density at radius 2 is 1.90 bits per heavy atom. The second kappa shape index (κ2) is 6.73. The van der Waals surface area contributed by atoms with Crippen molar-refractivity contribution in [3.63, 3.8) is 0 Å². The Morgan fingerprint density at radius 3 is 2.50 bits per heavy atom. The molecule has 1 N–H and O–H groups in total. The van der Waals surface area contributed by atoms with Crippen LogP contribution in [0.4, 0.5) is 0 Å². The van der Waals surface area contributed by atoms with E-state index in [9.17, 15) is 0 Å². The van der Waals surface area contributed by atoms with E-state index < -0.39 is 0 Å². The van der Waals surface area contributed by atoms with E-state index in [-0.39, 0.29) is 11.5 Å². The molecule has 0 saturated carbocycles. The fourth-order valence-electron chi connectivity index (χ4n) is 2.76. The minimum absolute atomic E-state index is 0.219. The molecular formula is C18H29NO. The number of hydrogen-bond acceptors (Lipinski definition) is 2. The molecule has 1 aliphatic heterocycles. The van der Waals surface area contributed by atoms with Gasteiger partial charge in [0.25, 0.3) is 0 Å². The highest BCUT2D eigenvalue weighted by atomic mass is 16.5. The first-order valence-electron chi connectivity index (χ1n) is 7.96. The SMILES string of the molecule is CCCNC1CCOC(c2ccc(C(C)(C)C)cc2)C1. The van der Waals surface area contributed by atoms with Crippen LogP contribution in [0.25, 0.3) is 0 Å². The molecule has 0 amide bonds. The van der Waals surface area contributed by atoms with E-state index in [0.717, 1.165) is 26.0 Å². The van der Waals surface area contributed by atoms with Crippen LogP contribution in [-0.4, -0.2) is 19.2 Å². The summed E-state index contributed by atoms with van der Waals surface area (Å²) >= 11 is 0. The topological polar surface area (TPSA) is 21.3 Å². The Kier molecular flexibility index (Phi) is 5.22. The predicted molar refractivity (Wildman–Crippen MR) is 85.2 cm³/mol. The van der Waals surface area contributed by atoms with Gasteiger partial charge in [-0.05, 0) is 42.3 Å². The first-order valence-corrected chi connectivity index (χ1v) is 7.96. The Labute approximate surface area is 123 Å². The molecule has 0 aliphatic carbocycles. The molecule has 1 aromatic carbocycles. The highest BCUT2D eigenvalue weighted by molar-refractivity contribution is 5.29. The van der Waals surface area contributed by atoms with Crippen LogP contribution in [0.15, 0.2) is 24.3 Å². The Balaban J connectivity index is 2.00. The third-order valence-electron chi connectivity index (χ3n) is 4.12. The van der Waals surface area contributed by atoms with Gasteiger partial charge in [-0.2, -0.15) is 0 Å². The van der Waals surface area contributed by atoms with E-state index in [1.165, 1.54) is 17.5 Å². The molecule has 112 valence electrons. The van der Waals surface area contributed by atoms with E-state index in [1.807, 2.05) is 0 Å². The Morgan fingerprint density at radius 1 is 1.20 bits per heavy atom. The summed E-state index contributed by atoms with van der Waals surface area (Å²) in [6.07, 6.45) is 3.68. The van der Waals surface area contributed by atoms with Gasteiger partial charge in [-0.25, -0.2) is 0 Å². The molecule has 1 fully saturated rings. The van der Waals surface area contributed by atoms with Gasteiger partial charge >= 0.3 is 0 Å². The van der Waals surface area contributed by atoms with Gasteiger partial charge in [0.15, 0.2) is 0 Å². The minimum atomic E-state index is 0.219. The lowest BCUT2D eigenvalue weighted by Crippen LogP contribution is -2.36. The van der Waals surface area contributed by atoms with Crippen LogP contribution in [0.5, 0.6) is 0 Å². The normalized spacial score (nSPS) is 23.8. The largest absolute Gasteiger partial charge is 0.373 e. The van der Waals surface area contributed by atoms with Gasteiger partial charge in [-0.15, -0.1) is 0 Å². The van der Waals surface area contributed by atoms with Crippen molar-refractivity contribution in [3.05, 3.63) is 35.4 Å². The summed E-state index contributed by atoms with van der Waals surface area (Å²) in [5.41, 5.74) is 2.93. The van der Waals surface area contributed by atoms with E-state index in [0.29, 0.717) is 6.04 Å². The third kappa shape index (κ3) is 4.07. The molecular weight excluding hydrogens is 246 g/mol. The van der Waals surface area contributed by atoms with Crippen LogP contribution in [0.3, 0.4) is 0 Å². The summed E-state index contributed by atoms with van der Waals surface area (Å²) in [5.74, 6) is 0. The Hall–Kier alpha value is -0.860. The van der Waals surface area contributed by atoms with E-state index in [2.05, 4.69) is 57.3 Å². The molecule has 2 atom stereocenters. The molecule has 0 bridgehead atoms. The van der Waals surface area contributed by atoms with Crippen molar-refractivity contribution in [1.82, 2.24) is 5.32 Å². The highest BCUT2D eigenvalue weighted by Crippen LogP contribution is 2.30. The van der Waals surface area contributed by atoms with Gasteiger partial charge in [0, 0.05) is 12.6 Å². The summed E-state index contributed by atoms with van der Waals surface area (Å²) < 4.78 is 5.96. The molecule has 0 radical (unpaired) electrons. The second-order valence-electron chi connectivity index (χ2n) is 6.91. The van der Waals surface area contributed by atoms with Gasteiger partial charge in [0.1, 0.15) is 0 Å². The maximum absolute atomic E-state index is 5.96. The van der Waals surface area contributed by atoms with E-state index >= 15 is 0 Å². The van der Waals surface area contributed by atoms with Crippen molar-refractivity contribution >= 4 is 0 Å². The lowest BCUT2D eigenvalue weighted by Gasteiger charge is -2.31. The van der Waals surface area contributed by atoms with Gasteiger partial charge in [0.2, 0.25) is 0 Å². The Bertz CT molecular complexity index is 404. The molecule has 1 saturated heterocycles. The van der Waals surface area contributed by atoms with Crippen LogP contribution >= 0.6 is 0 Å². The molecule has 2 heteroatoms. The number of hydrogen-bond donors (Lipinski definition) is 1. The predicted octanol–water partition coefficient (Wildman–Crippen LogP) is 4.20. The van der Waals surface area contributed by atoms with Crippen molar-refractivity contribution in [3.8, 4) is 0 Å². The molecule has 0 spiro atoms. The molecule has 0 aromatic heterocycles. The molecule has 2 unspecified atom stereocenters. The van der Waals surface area contributed by atoms with Crippen LogP contribution in [0, 0.1) is 0 Å². The smallest absolute Gasteiger partial charge is 0.0839 e. The summed E-state index contributed by atoms with van der Waals surface area (Å²) in [4.78, 5) is 0. The summed E-state index contributed by atoms with van der Waals surface area (Å²) in [6.45, 7) is 11.0. The fraction of sp³-hybridized carbons (Fsp3) is 0.667. The quantitative estimate of drug-likeness (QED) is 0.889. The molecule has 20 heavy (non-hydrogen) atoms. The standard InChI is InChI=1S/C18H29NO/c1-5-11-19-16-10-12-20-17(13-16)14-6-8-15(9-7-14)18(2,3)4/h6-9,16-17,19H,5,10-13H2,1-4H3. The lowest BCUT2D eigenvalue weighted by atomic mass is 9.86. The maximum atomic E-state index is 5.96. The number of rotatable bonds is 4. The van der Waals surface area contributed by atoms with Crippen molar-refractivity contribution in [2.75, 3.05) is 13.2 Å². The van der Waals surface area contributed by atoms with E-state index in [4.69, 9.17) is 4.74 Å². The highest BCUT2D eigenvalue weighted by Gasteiger charge is 2.23. The average Bonchev–Trinajstić information content (AvgIpc) is 2.45. The summed E-state index contributed by atoms with van der Waals surface area (Å²) in [5, 5.41) is 3.63. The number of ether oxygens (including phenoxy) is 1. The molecule has 1 aromatic rings. The second-order valence-corrected chi connectivity index (χ2v) is 6.91. The number of nitrogens with one attached hydrogen (secondary N) is 1. The molecule has 1 heterocycles. The average molecular weight is 275 g/mol. The summed E-state index contributed by atoms with van der Waals surface area (Å²) in [7, 11) is 0. The zero-order valence-corrected chi connectivity index (χ0v) is 13.4. The van der Waals surface area contributed by atoms with Gasteiger partial charge in [-0.3, -0.25) is 0 Å². The third-order valence-corrected chi connectivity index (χ3v) is 4.12. The van der Waals surface area contributed by atoms with Crippen molar-refractivity contribution in [1.29, 1.82) is 0 Å². The van der Waals surface area contributed by atoms with Gasteiger partial charge in [0.05, 0.1) is 6.10 Å². The van der Waals surface area contributed by atoms with Crippen LogP contribution < -0.4 is 5.32 Å². The van der Waals surface area contributed by atoms with E-state index in [1.54, 1.807) is 0 Å². The molecule has 2 nitrogen and oxygen atoms in total. The van der Waals surface area contributed by atoms with Crippen LogP contribution in [-0.2, 0) is 10.2 Å². The molecule has 2 rings (SSSR count). The van der Waals surface area contributed by atoms with Gasteiger partial charge in [-0.1, -0.05) is 52.0 Å². The van der Waals surface area contributed by atoms with Crippen molar-refractivity contribution in [2.24, 2.45) is 0 Å². The lowest BCUT2D eigenvalue weighted by molar-refractivity contribution is 0.000340. The van der Waals surface area contributed by atoms with Crippen molar-refractivity contribution < 1.29 is 4.74 Å². The maximum Gasteiger partial charge on any atom is 0.0839 e. The van der Waals surface area contributed by atoms with Gasteiger partial charge < -0.3 is 10.1 Å². The first kappa shape index (κ1) is 15.5. The zero-order valence-electron chi connectivity index (χ0n) is 13.4. The first-order chi connectivity index (χ1) is 9.50. The van der Waals surface area contributed by atoms with Crippen LogP contribution in [0.2, 0.25) is 0 Å². The monoisotopic (exact) mass is 275 g/mol. The van der Waals surface area contributed by atoms with Crippen LogP contribution in [0.1, 0.15) is 64.2 Å². The fourth-order valence-corrected chi connectivity index (χ4v) is 2.76. The minimum Gasteiger partial charge on any atom is -0.373 e. The summed E-state index contributed by atoms with van der Waals surface area (Å²) in [6, 6.07) is 9.60.